The third-order valence-electron chi connectivity index (χ3n) is 1.99. The average molecular weight is 273 g/mol. The highest BCUT2D eigenvalue weighted by molar-refractivity contribution is 14.1. The molecule has 0 saturated carbocycles. The van der Waals surface area contributed by atoms with Gasteiger partial charge in [0.1, 0.15) is 0 Å². The molecule has 0 aromatic carbocycles. The second-order valence-electron chi connectivity index (χ2n) is 2.73. The molecule has 1 aliphatic heterocycles. The van der Waals surface area contributed by atoms with Gasteiger partial charge in [0.2, 0.25) is 0 Å². The van der Waals surface area contributed by atoms with Crippen molar-refractivity contribution in [3.8, 4) is 0 Å². The Bertz CT molecular complexity index is 302. The quantitative estimate of drug-likeness (QED) is 0.673. The van der Waals surface area contributed by atoms with Gasteiger partial charge in [-0.05, 0) is 18.6 Å². The molecule has 62 valence electrons. The molecule has 0 amide bonds. The van der Waals surface area contributed by atoms with Crippen molar-refractivity contribution in [2.75, 3.05) is 0 Å². The van der Waals surface area contributed by atoms with E-state index in [2.05, 4.69) is 17.1 Å². The van der Waals surface area contributed by atoms with Crippen molar-refractivity contribution in [1.29, 1.82) is 0 Å². The minimum Gasteiger partial charge on any atom is -0.426 e. The molecule has 0 bridgehead atoms. The summed E-state index contributed by atoms with van der Waals surface area (Å²) in [6, 6.07) is 0. The van der Waals surface area contributed by atoms with Crippen LogP contribution in [0.15, 0.2) is 40.8 Å². The predicted molar refractivity (Wildman–Crippen MR) is 57.0 cm³/mol. The summed E-state index contributed by atoms with van der Waals surface area (Å²) in [5, 5.41) is 0. The Morgan fingerprint density at radius 1 is 1.58 bits per heavy atom. The third kappa shape index (κ3) is 1.33. The van der Waals surface area contributed by atoms with Crippen LogP contribution < -0.4 is 0 Å². The van der Waals surface area contributed by atoms with E-state index < -0.39 is 0 Å². The number of hydrogen-bond acceptors (Lipinski definition) is 2. The first-order valence-electron chi connectivity index (χ1n) is 3.82. The molecular weight excluding hydrogens is 265 g/mol. The van der Waals surface area contributed by atoms with Crippen LogP contribution >= 0.6 is 23.0 Å². The highest BCUT2D eigenvalue weighted by Crippen LogP contribution is 2.30. The molecule has 0 N–H and O–H groups in total. The van der Waals surface area contributed by atoms with Crippen molar-refractivity contribution >= 4 is 29.2 Å². The Morgan fingerprint density at radius 2 is 2.50 bits per heavy atom. The number of nitrogens with zero attached hydrogens (tertiary/aromatic N) is 1. The van der Waals surface area contributed by atoms with Gasteiger partial charge in [0.05, 0.1) is 5.70 Å². The molecule has 1 atom stereocenters. The molecule has 12 heavy (non-hydrogen) atoms. The maximum Gasteiger partial charge on any atom is 0.192 e. The summed E-state index contributed by atoms with van der Waals surface area (Å²) >= 11 is 1.89. The zero-order valence-corrected chi connectivity index (χ0v) is 8.56. The van der Waals surface area contributed by atoms with Gasteiger partial charge in [-0.1, -0.05) is 12.2 Å². The van der Waals surface area contributed by atoms with Gasteiger partial charge >= 0.3 is 0 Å². The Balaban J connectivity index is 2.39. The number of rotatable bonds is 1. The molecule has 0 aromatic rings. The lowest BCUT2D eigenvalue weighted by Crippen LogP contribution is -2.08. The molecule has 0 spiro atoms. The fourth-order valence-corrected chi connectivity index (χ4v) is 1.78. The Labute approximate surface area is 85.4 Å². The summed E-state index contributed by atoms with van der Waals surface area (Å²) in [4.78, 5) is 4.29. The molecule has 3 heteroatoms. The number of fused-ring (bicyclic) bond motifs is 1. The monoisotopic (exact) mass is 273 g/mol. The summed E-state index contributed by atoms with van der Waals surface area (Å²) < 4.78 is 5.18. The van der Waals surface area contributed by atoms with Gasteiger partial charge in [-0.3, -0.25) is 4.99 Å². The first kappa shape index (κ1) is 8.04. The molecule has 2 aliphatic rings. The maximum atomic E-state index is 5.18. The van der Waals surface area contributed by atoms with Crippen LogP contribution in [0.25, 0.3) is 0 Å². The van der Waals surface area contributed by atoms with Gasteiger partial charge in [-0.15, -0.1) is 0 Å². The molecule has 1 unspecified atom stereocenters. The van der Waals surface area contributed by atoms with E-state index in [0.29, 0.717) is 5.92 Å². The Hall–Kier alpha value is -0.580. The minimum atomic E-state index is 0.421. The SMILES string of the molecule is IOC1=C2N=CC=CC2CC=C1. The van der Waals surface area contributed by atoms with Crippen LogP contribution in [0.4, 0.5) is 0 Å². The number of hydrogen-bond donors (Lipinski definition) is 0. The standard InChI is InChI=1S/C9H8INO/c10-12-8-5-1-3-7-4-2-6-11-9(7)8/h1-2,4-7H,3H2. The lowest BCUT2D eigenvalue weighted by atomic mass is 9.94. The van der Waals surface area contributed by atoms with Crippen molar-refractivity contribution in [1.82, 2.24) is 0 Å². The van der Waals surface area contributed by atoms with E-state index in [1.807, 2.05) is 35.2 Å². The average Bonchev–Trinajstić information content (AvgIpc) is 2.17. The summed E-state index contributed by atoms with van der Waals surface area (Å²) in [6.07, 6.45) is 11.1. The topological polar surface area (TPSA) is 21.6 Å². The highest BCUT2D eigenvalue weighted by atomic mass is 127. The lowest BCUT2D eigenvalue weighted by molar-refractivity contribution is 0.545. The van der Waals surface area contributed by atoms with Crippen LogP contribution in [-0.4, -0.2) is 6.21 Å². The molecule has 2 rings (SSSR count). The second kappa shape index (κ2) is 3.43. The zero-order valence-electron chi connectivity index (χ0n) is 6.40. The Morgan fingerprint density at radius 3 is 3.33 bits per heavy atom. The van der Waals surface area contributed by atoms with Crippen molar-refractivity contribution < 1.29 is 3.07 Å². The molecule has 1 aliphatic carbocycles. The molecule has 2 nitrogen and oxygen atoms in total. The van der Waals surface area contributed by atoms with E-state index in [0.717, 1.165) is 17.9 Å². The smallest absolute Gasteiger partial charge is 0.192 e. The van der Waals surface area contributed by atoms with Gasteiger partial charge in [-0.25, -0.2) is 0 Å². The van der Waals surface area contributed by atoms with Crippen LogP contribution in [0.5, 0.6) is 0 Å². The van der Waals surface area contributed by atoms with Gasteiger partial charge < -0.3 is 3.07 Å². The molecule has 0 aromatic heterocycles. The van der Waals surface area contributed by atoms with E-state index >= 15 is 0 Å². The first-order valence-corrected chi connectivity index (χ1v) is 4.70. The normalized spacial score (nSPS) is 25.9. The van der Waals surface area contributed by atoms with Crippen molar-refractivity contribution in [3.63, 3.8) is 0 Å². The van der Waals surface area contributed by atoms with E-state index in [1.54, 1.807) is 6.21 Å². The van der Waals surface area contributed by atoms with Crippen molar-refractivity contribution in [2.24, 2.45) is 10.9 Å². The van der Waals surface area contributed by atoms with Gasteiger partial charge in [0.25, 0.3) is 0 Å². The minimum absolute atomic E-state index is 0.421. The summed E-state index contributed by atoms with van der Waals surface area (Å²) in [5.74, 6) is 1.30. The van der Waals surface area contributed by atoms with Gasteiger partial charge in [0.15, 0.2) is 28.8 Å². The lowest BCUT2D eigenvalue weighted by Gasteiger charge is -2.19. The number of allylic oxidation sites excluding steroid dienone is 4. The second-order valence-corrected chi connectivity index (χ2v) is 3.17. The summed E-state index contributed by atoms with van der Waals surface area (Å²) in [7, 11) is 0. The molecule has 0 saturated heterocycles. The van der Waals surface area contributed by atoms with E-state index in [-0.39, 0.29) is 0 Å². The van der Waals surface area contributed by atoms with E-state index in [1.165, 1.54) is 0 Å². The van der Waals surface area contributed by atoms with E-state index in [4.69, 9.17) is 3.07 Å². The number of dihydropyridines is 1. The fraction of sp³-hybridized carbons (Fsp3) is 0.222. The van der Waals surface area contributed by atoms with Crippen LogP contribution in [-0.2, 0) is 3.07 Å². The summed E-state index contributed by atoms with van der Waals surface area (Å²) in [5.41, 5.74) is 1.05. The molecule has 0 fully saturated rings. The van der Waals surface area contributed by atoms with Gasteiger partial charge in [-0.2, -0.15) is 0 Å². The maximum absolute atomic E-state index is 5.18. The van der Waals surface area contributed by atoms with Crippen molar-refractivity contribution in [2.45, 2.75) is 6.42 Å². The van der Waals surface area contributed by atoms with Crippen molar-refractivity contribution in [3.05, 3.63) is 35.8 Å². The van der Waals surface area contributed by atoms with Crippen LogP contribution in [0.3, 0.4) is 0 Å². The number of halogens is 1. The fourth-order valence-electron chi connectivity index (χ4n) is 1.40. The molecule has 1 heterocycles. The van der Waals surface area contributed by atoms with Gasteiger partial charge in [0, 0.05) is 12.1 Å². The Kier molecular flexibility index (Phi) is 2.30. The zero-order chi connectivity index (χ0) is 8.39. The highest BCUT2D eigenvalue weighted by Gasteiger charge is 2.19. The largest absolute Gasteiger partial charge is 0.426 e. The van der Waals surface area contributed by atoms with Crippen LogP contribution in [0, 0.1) is 5.92 Å². The predicted octanol–water partition coefficient (Wildman–Crippen LogP) is 2.78. The van der Waals surface area contributed by atoms with E-state index in [9.17, 15) is 0 Å². The third-order valence-corrected chi connectivity index (χ3v) is 2.46. The molecular formula is C9H8INO. The van der Waals surface area contributed by atoms with Crippen LogP contribution in [0.1, 0.15) is 6.42 Å². The molecule has 0 radical (unpaired) electrons. The summed E-state index contributed by atoms with van der Waals surface area (Å²) in [6.45, 7) is 0. The number of aliphatic imine (C=N–C) groups is 1. The first-order chi connectivity index (χ1) is 5.92. The van der Waals surface area contributed by atoms with Crippen LogP contribution in [0.2, 0.25) is 0 Å².